The fourth-order valence-corrected chi connectivity index (χ4v) is 1.10. The van der Waals surface area contributed by atoms with Crippen LogP contribution in [0.3, 0.4) is 0 Å². The molecule has 0 unspecified atom stereocenters. The minimum Gasteiger partial charge on any atom is -0.478 e. The fourth-order valence-electron chi connectivity index (χ4n) is 1.10. The number of hydrogen-bond donors (Lipinski definition) is 1. The van der Waals surface area contributed by atoms with Crippen molar-refractivity contribution in [3.8, 4) is 0 Å². The Bertz CT molecular complexity index is 274. The molecule has 3 heteroatoms. The van der Waals surface area contributed by atoms with E-state index in [-0.39, 0.29) is 27.3 Å². The molecule has 0 bridgehead atoms. The van der Waals surface area contributed by atoms with E-state index in [0.29, 0.717) is 5.56 Å². The predicted octanol–water partition coefficient (Wildman–Crippen LogP) is 1.62. The summed E-state index contributed by atoms with van der Waals surface area (Å²) < 4.78 is 0. The van der Waals surface area contributed by atoms with Crippen molar-refractivity contribution in [2.45, 2.75) is 13.8 Å². The molecule has 1 aromatic rings. The van der Waals surface area contributed by atoms with Gasteiger partial charge >= 0.3 is 5.97 Å². The van der Waals surface area contributed by atoms with Gasteiger partial charge in [-0.2, -0.15) is 0 Å². The first-order chi connectivity index (χ1) is 5.09. The Morgan fingerprint density at radius 2 is 1.58 bits per heavy atom. The Morgan fingerprint density at radius 3 is 1.92 bits per heavy atom. The summed E-state index contributed by atoms with van der Waals surface area (Å²) in [6.07, 6.45) is 0. The summed E-state index contributed by atoms with van der Waals surface area (Å²) in [6.45, 7) is 3.78. The van der Waals surface area contributed by atoms with Crippen LogP contribution in [0.1, 0.15) is 21.5 Å². The number of carbonyl (C=O) groups is 1. The SMILES string of the molecule is Cc1cc(C)cc(C(=O)O)c1.[Tl]. The van der Waals surface area contributed by atoms with Crippen molar-refractivity contribution in [1.82, 2.24) is 0 Å². The maximum absolute atomic E-state index is 10.5. The summed E-state index contributed by atoms with van der Waals surface area (Å²) >= 11 is 0. The van der Waals surface area contributed by atoms with Crippen molar-refractivity contribution < 1.29 is 9.90 Å². The van der Waals surface area contributed by atoms with Gasteiger partial charge in [-0.25, -0.2) is 4.79 Å². The second-order valence-electron chi connectivity index (χ2n) is 2.68. The third-order valence-corrected chi connectivity index (χ3v) is 1.47. The zero-order valence-electron chi connectivity index (χ0n) is 7.16. The Kier molecular flexibility index (Phi) is 4.44. The average molecular weight is 355 g/mol. The van der Waals surface area contributed by atoms with Crippen LogP contribution < -0.4 is 0 Å². The van der Waals surface area contributed by atoms with Gasteiger partial charge in [0.1, 0.15) is 0 Å². The van der Waals surface area contributed by atoms with E-state index < -0.39 is 5.97 Å². The van der Waals surface area contributed by atoms with Gasteiger partial charge in [0, 0.05) is 27.3 Å². The largest absolute Gasteiger partial charge is 0.478 e. The Morgan fingerprint density at radius 1 is 1.17 bits per heavy atom. The second kappa shape index (κ2) is 4.59. The van der Waals surface area contributed by atoms with Crippen molar-refractivity contribution in [1.29, 1.82) is 0 Å². The molecule has 0 spiro atoms. The van der Waals surface area contributed by atoms with Gasteiger partial charge in [0.15, 0.2) is 0 Å². The number of aryl methyl sites for hydroxylation is 2. The number of carboxylic acid groups (broad SMARTS) is 1. The van der Waals surface area contributed by atoms with Crippen LogP contribution in [-0.2, 0) is 0 Å². The second-order valence-corrected chi connectivity index (χ2v) is 2.68. The molecule has 0 aromatic heterocycles. The van der Waals surface area contributed by atoms with Crippen LogP contribution in [-0.4, -0.2) is 38.4 Å². The number of hydrogen-bond acceptors (Lipinski definition) is 1. The first kappa shape index (κ1) is 11.6. The van der Waals surface area contributed by atoms with Crippen molar-refractivity contribution in [3.05, 3.63) is 34.9 Å². The zero-order valence-corrected chi connectivity index (χ0v) is 11.7. The normalized spacial score (nSPS) is 8.83. The summed E-state index contributed by atoms with van der Waals surface area (Å²) in [5.74, 6) is -0.864. The van der Waals surface area contributed by atoms with Crippen LogP contribution in [0.4, 0.5) is 0 Å². The van der Waals surface area contributed by atoms with E-state index in [1.165, 1.54) is 0 Å². The summed E-state index contributed by atoms with van der Waals surface area (Å²) in [5.41, 5.74) is 2.34. The first-order valence-electron chi connectivity index (χ1n) is 3.41. The third-order valence-electron chi connectivity index (χ3n) is 1.47. The molecule has 0 aliphatic heterocycles. The molecule has 0 aliphatic carbocycles. The van der Waals surface area contributed by atoms with Crippen molar-refractivity contribution in [2.24, 2.45) is 0 Å². The Labute approximate surface area is 91.8 Å². The number of aromatic carboxylic acids is 1. The maximum atomic E-state index is 10.5. The van der Waals surface area contributed by atoms with E-state index in [0.717, 1.165) is 11.1 Å². The van der Waals surface area contributed by atoms with Gasteiger partial charge in [-0.15, -0.1) is 0 Å². The zero-order chi connectivity index (χ0) is 8.43. The van der Waals surface area contributed by atoms with Gasteiger partial charge < -0.3 is 5.11 Å². The molecule has 12 heavy (non-hydrogen) atoms. The summed E-state index contributed by atoms with van der Waals surface area (Å²) in [6, 6.07) is 5.27. The topological polar surface area (TPSA) is 37.3 Å². The van der Waals surface area contributed by atoms with Gasteiger partial charge in [0.2, 0.25) is 0 Å². The van der Waals surface area contributed by atoms with Gasteiger partial charge in [-0.1, -0.05) is 17.2 Å². The van der Waals surface area contributed by atoms with E-state index >= 15 is 0 Å². The van der Waals surface area contributed by atoms with Crippen molar-refractivity contribution in [3.63, 3.8) is 0 Å². The molecule has 2 nitrogen and oxygen atoms in total. The van der Waals surface area contributed by atoms with Gasteiger partial charge in [0.25, 0.3) is 0 Å². The molecular weight excluding hydrogens is 344 g/mol. The van der Waals surface area contributed by atoms with E-state index in [1.54, 1.807) is 12.1 Å². The van der Waals surface area contributed by atoms with Gasteiger partial charge in [-0.05, 0) is 26.0 Å². The molecule has 0 saturated carbocycles. The minimum absolute atomic E-state index is 0. The molecule has 1 rings (SSSR count). The van der Waals surface area contributed by atoms with Crippen LogP contribution >= 0.6 is 0 Å². The molecule has 0 aliphatic rings. The smallest absolute Gasteiger partial charge is 0.335 e. The maximum Gasteiger partial charge on any atom is 0.335 e. The number of carboxylic acids is 1. The molecule has 61 valence electrons. The van der Waals surface area contributed by atoms with Crippen molar-refractivity contribution in [2.75, 3.05) is 0 Å². The van der Waals surface area contributed by atoms with Crippen LogP contribution in [0.15, 0.2) is 18.2 Å². The minimum atomic E-state index is -0.864. The summed E-state index contributed by atoms with van der Waals surface area (Å²) in [5, 5.41) is 8.63. The van der Waals surface area contributed by atoms with E-state index in [4.69, 9.17) is 5.11 Å². The van der Waals surface area contributed by atoms with Crippen LogP contribution in [0.5, 0.6) is 0 Å². The molecule has 0 saturated heterocycles. The third kappa shape index (κ3) is 2.92. The quantitative estimate of drug-likeness (QED) is 0.778. The molecular formula is C9H10O2Tl. The van der Waals surface area contributed by atoms with E-state index in [1.807, 2.05) is 19.9 Å². The molecule has 0 fully saturated rings. The molecule has 1 radical (unpaired) electrons. The Balaban J connectivity index is 0.00000121. The molecule has 1 N–H and O–H groups in total. The molecule has 0 amide bonds. The monoisotopic (exact) mass is 355 g/mol. The van der Waals surface area contributed by atoms with Crippen LogP contribution in [0, 0.1) is 13.8 Å². The standard InChI is InChI=1S/C9H10O2.Tl/c1-6-3-7(2)5-8(4-6)9(10)11;/h3-5H,1-2H3,(H,10,11);. The number of benzene rings is 1. The van der Waals surface area contributed by atoms with E-state index in [2.05, 4.69) is 0 Å². The molecule has 1 aromatic carbocycles. The number of rotatable bonds is 1. The van der Waals surface area contributed by atoms with Gasteiger partial charge in [-0.3, -0.25) is 0 Å². The molecule has 0 heterocycles. The summed E-state index contributed by atoms with van der Waals surface area (Å²) in [4.78, 5) is 10.5. The average Bonchev–Trinajstić information content (AvgIpc) is 1.85. The summed E-state index contributed by atoms with van der Waals surface area (Å²) in [7, 11) is 0. The van der Waals surface area contributed by atoms with Crippen molar-refractivity contribution >= 4 is 33.3 Å². The fraction of sp³-hybridized carbons (Fsp3) is 0.222. The van der Waals surface area contributed by atoms with Crippen LogP contribution in [0.25, 0.3) is 0 Å². The van der Waals surface area contributed by atoms with Crippen LogP contribution in [0.2, 0.25) is 0 Å². The predicted molar refractivity (Wildman–Crippen MR) is 48.6 cm³/mol. The first-order valence-corrected chi connectivity index (χ1v) is 3.41. The molecule has 0 atom stereocenters. The van der Waals surface area contributed by atoms with E-state index in [9.17, 15) is 4.79 Å². The Hall–Kier alpha value is -0.388. The van der Waals surface area contributed by atoms with Gasteiger partial charge in [0.05, 0.1) is 5.56 Å².